The minimum Gasteiger partial charge on any atom is -0.457 e. The summed E-state index contributed by atoms with van der Waals surface area (Å²) in [5.74, 6) is 1.68. The first-order valence-corrected chi connectivity index (χ1v) is 40.9. The Kier molecular flexibility index (Phi) is 15.2. The van der Waals surface area contributed by atoms with Crippen LogP contribution in [0.5, 0.6) is 11.5 Å². The van der Waals surface area contributed by atoms with Crippen LogP contribution >= 0.6 is 0 Å². The number of para-hydroxylation sites is 3. The SMILES string of the molecule is CC(C)(C)c1cc(-c2ccccc2)c(N2c3ccc(-c4ccccc4)cc3B3c4cc(-c5cc(-c6ccccc6)cc(-c6ccccc6)c5)ccc4N(c4c(-c5ccccc5)cc(C(C)(C)C)c5oc6ccccc6c45)c4cc(-c5ccc6c(c5)C5(c7ccccc7O6)c6ccccc6-c6ccccc65)cc2c43)c2c1oc1ccccc12. The number of furan rings is 2. The Labute approximate surface area is 681 Å². The Morgan fingerprint density at radius 2 is 0.624 bits per heavy atom. The van der Waals surface area contributed by atoms with Crippen molar-refractivity contribution in [1.29, 1.82) is 0 Å². The minimum absolute atomic E-state index is 0.344. The molecule has 19 aromatic rings. The number of hydrogen-bond donors (Lipinski definition) is 0. The second-order valence-electron chi connectivity index (χ2n) is 34.1. The summed E-state index contributed by atoms with van der Waals surface area (Å²) in [6.07, 6.45) is 0. The van der Waals surface area contributed by atoms with Crippen LogP contribution in [0.4, 0.5) is 34.1 Å². The van der Waals surface area contributed by atoms with Crippen molar-refractivity contribution < 1.29 is 13.6 Å². The molecule has 5 nitrogen and oxygen atoms in total. The van der Waals surface area contributed by atoms with Crippen molar-refractivity contribution in [3.05, 3.63) is 403 Å². The van der Waals surface area contributed by atoms with E-state index in [1.807, 2.05) is 0 Å². The van der Waals surface area contributed by atoms with Gasteiger partial charge in [0.25, 0.3) is 6.71 Å². The molecule has 4 aliphatic rings. The Morgan fingerprint density at radius 1 is 0.265 bits per heavy atom. The quantitative estimate of drug-likeness (QED) is 0.135. The summed E-state index contributed by atoms with van der Waals surface area (Å²) in [6.45, 7) is 13.6. The van der Waals surface area contributed by atoms with E-state index in [-0.39, 0.29) is 17.5 Å². The molecule has 0 saturated heterocycles. The van der Waals surface area contributed by atoms with Crippen LogP contribution in [0.25, 0.3) is 133 Å². The molecule has 554 valence electrons. The lowest BCUT2D eigenvalue weighted by Gasteiger charge is -2.46. The van der Waals surface area contributed by atoms with Gasteiger partial charge in [0.05, 0.1) is 27.6 Å². The molecule has 0 fully saturated rings. The highest BCUT2D eigenvalue weighted by Gasteiger charge is 2.52. The molecule has 17 aromatic carbocycles. The van der Waals surface area contributed by atoms with E-state index in [9.17, 15) is 0 Å². The molecule has 0 unspecified atom stereocenters. The zero-order valence-corrected chi connectivity index (χ0v) is 65.9. The summed E-state index contributed by atoms with van der Waals surface area (Å²) in [4.78, 5) is 5.36. The second-order valence-corrected chi connectivity index (χ2v) is 34.1. The first-order valence-electron chi connectivity index (χ1n) is 40.9. The van der Waals surface area contributed by atoms with E-state index in [1.165, 1.54) is 33.2 Å². The monoisotopic (exact) mass is 1500 g/mol. The van der Waals surface area contributed by atoms with Gasteiger partial charge in [-0.25, -0.2) is 0 Å². The first kappa shape index (κ1) is 68.4. The third kappa shape index (κ3) is 10.4. The lowest BCUT2D eigenvalue weighted by molar-refractivity contribution is 0.436. The molecule has 0 N–H and O–H groups in total. The molecule has 5 heterocycles. The third-order valence-electron chi connectivity index (χ3n) is 25.3. The number of benzene rings is 17. The maximum absolute atomic E-state index is 7.50. The molecule has 1 aliphatic carbocycles. The average Bonchev–Trinajstić information content (AvgIpc) is 1.68. The first-order chi connectivity index (χ1) is 57.3. The van der Waals surface area contributed by atoms with Crippen LogP contribution in [0.2, 0.25) is 0 Å². The van der Waals surface area contributed by atoms with Crippen LogP contribution in [0, 0.1) is 0 Å². The summed E-state index contributed by atoms with van der Waals surface area (Å²) in [7, 11) is 0. The van der Waals surface area contributed by atoms with Gasteiger partial charge in [-0.2, -0.15) is 0 Å². The minimum atomic E-state index is -0.742. The topological polar surface area (TPSA) is 42.0 Å². The lowest BCUT2D eigenvalue weighted by atomic mass is 9.33. The predicted octanol–water partition coefficient (Wildman–Crippen LogP) is 28.3. The third-order valence-corrected chi connectivity index (χ3v) is 25.3. The molecule has 2 aromatic heterocycles. The molecule has 6 heteroatoms. The highest BCUT2D eigenvalue weighted by molar-refractivity contribution is 7.00. The second kappa shape index (κ2) is 25.9. The van der Waals surface area contributed by atoms with Gasteiger partial charge in [-0.1, -0.05) is 327 Å². The predicted molar refractivity (Wildman–Crippen MR) is 488 cm³/mol. The fraction of sp³-hybridized carbons (Fsp3) is 0.0811. The maximum Gasteiger partial charge on any atom is 0.252 e. The lowest BCUT2D eigenvalue weighted by Crippen LogP contribution is -2.61. The van der Waals surface area contributed by atoms with Crippen LogP contribution in [0.15, 0.2) is 379 Å². The number of anilines is 6. The fourth-order valence-electron chi connectivity index (χ4n) is 20.1. The molecule has 23 rings (SSSR count). The molecular formula is C111H79BN2O3. The summed E-state index contributed by atoms with van der Waals surface area (Å²) < 4.78 is 22.3. The maximum atomic E-state index is 7.50. The van der Waals surface area contributed by atoms with Crippen molar-refractivity contribution >= 4 is 101 Å². The Hall–Kier alpha value is -14.2. The summed E-state index contributed by atoms with van der Waals surface area (Å²) in [5, 5.41) is 4.19. The van der Waals surface area contributed by atoms with Crippen LogP contribution in [-0.4, -0.2) is 6.71 Å². The number of nitrogens with zero attached hydrogens (tertiary/aromatic N) is 2. The average molecular weight is 1500 g/mol. The van der Waals surface area contributed by atoms with Crippen molar-refractivity contribution in [2.45, 2.75) is 57.8 Å². The van der Waals surface area contributed by atoms with Crippen molar-refractivity contribution in [2.24, 2.45) is 0 Å². The van der Waals surface area contributed by atoms with Crippen molar-refractivity contribution in [3.63, 3.8) is 0 Å². The zero-order valence-electron chi connectivity index (χ0n) is 65.9. The van der Waals surface area contributed by atoms with Gasteiger partial charge in [-0.15, -0.1) is 0 Å². The zero-order chi connectivity index (χ0) is 78.2. The van der Waals surface area contributed by atoms with E-state index >= 15 is 0 Å². The van der Waals surface area contributed by atoms with E-state index in [0.717, 1.165) is 195 Å². The molecule has 3 aliphatic heterocycles. The largest absolute Gasteiger partial charge is 0.457 e. The van der Waals surface area contributed by atoms with E-state index in [1.54, 1.807) is 0 Å². The summed E-state index contributed by atoms with van der Waals surface area (Å²) >= 11 is 0. The van der Waals surface area contributed by atoms with E-state index in [4.69, 9.17) is 13.6 Å². The van der Waals surface area contributed by atoms with Crippen molar-refractivity contribution in [3.8, 4) is 101 Å². The smallest absolute Gasteiger partial charge is 0.252 e. The van der Waals surface area contributed by atoms with Crippen LogP contribution < -0.4 is 30.9 Å². The van der Waals surface area contributed by atoms with Gasteiger partial charge in [0.15, 0.2) is 0 Å². The van der Waals surface area contributed by atoms with E-state index < -0.39 is 5.41 Å². The Bertz CT molecular complexity index is 7190. The van der Waals surface area contributed by atoms with Gasteiger partial charge in [0, 0.05) is 66.9 Å². The molecule has 0 radical (unpaired) electrons. The fourth-order valence-corrected chi connectivity index (χ4v) is 20.1. The van der Waals surface area contributed by atoms with Crippen molar-refractivity contribution in [2.75, 3.05) is 9.80 Å². The standard InChI is InChI=1S/C111H79BN2O3/c1-109(2,3)90-66-84(71-38-18-10-19-39-71)105(102-82-44-24-29-49-98(82)116-107(90)102)113-94-55-52-74(68-32-12-7-13-33-68)62-92(94)112-93-63-75(78-59-76(69-34-14-8-15-35-69)58-77(60-78)70-36-16-9-17-37-70)53-56-95(93)114(106-85(72-40-20-11-21-41-72)67-91(110(4,5)6)108-103(106)83-45-25-30-50-99(83)117-108)97-65-79(64-96(113)104(97)112)73-54-57-101-89(61-73)111(88-48-28-31-51-100(88)115-101)86-46-26-22-42-80(86)81-43-23-27-47-87(81)111/h7-67H,1-6H3. The summed E-state index contributed by atoms with van der Waals surface area (Å²) in [5.41, 5.74) is 36.7. The molecule has 0 amide bonds. The van der Waals surface area contributed by atoms with Crippen LogP contribution in [-0.2, 0) is 16.2 Å². The van der Waals surface area contributed by atoms with E-state index in [0.29, 0.717) is 0 Å². The van der Waals surface area contributed by atoms with Crippen molar-refractivity contribution in [1.82, 2.24) is 0 Å². The number of rotatable bonds is 9. The molecule has 0 atom stereocenters. The molecule has 117 heavy (non-hydrogen) atoms. The van der Waals surface area contributed by atoms with E-state index in [2.05, 4.69) is 421 Å². The number of fused-ring (bicyclic) bond motifs is 19. The molecule has 0 saturated carbocycles. The molecular weight excluding hydrogens is 1420 g/mol. The number of ether oxygens (including phenoxy) is 1. The Morgan fingerprint density at radius 3 is 1.09 bits per heavy atom. The normalized spacial score (nSPS) is 13.5. The molecule has 0 bridgehead atoms. The van der Waals surface area contributed by atoms with Crippen LogP contribution in [0.3, 0.4) is 0 Å². The van der Waals surface area contributed by atoms with Gasteiger partial charge in [0.2, 0.25) is 0 Å². The highest BCUT2D eigenvalue weighted by Crippen LogP contribution is 2.64. The molecule has 1 spiro atoms. The van der Waals surface area contributed by atoms with Crippen LogP contribution in [0.1, 0.15) is 74.9 Å². The summed E-state index contributed by atoms with van der Waals surface area (Å²) in [6, 6.07) is 138. The van der Waals surface area contributed by atoms with Gasteiger partial charge >= 0.3 is 0 Å². The number of hydrogen-bond acceptors (Lipinski definition) is 5. The van der Waals surface area contributed by atoms with Gasteiger partial charge in [0.1, 0.15) is 33.8 Å². The van der Waals surface area contributed by atoms with Gasteiger partial charge in [-0.3, -0.25) is 0 Å². The Balaban J connectivity index is 0.911. The highest BCUT2D eigenvalue weighted by atomic mass is 16.5. The van der Waals surface area contributed by atoms with Gasteiger partial charge < -0.3 is 23.4 Å². The van der Waals surface area contributed by atoms with Gasteiger partial charge in [-0.05, 0) is 201 Å².